The predicted octanol–water partition coefficient (Wildman–Crippen LogP) is 8.40. The number of ketones is 2. The lowest BCUT2D eigenvalue weighted by Gasteiger charge is -2.17. The number of hydrogen-bond donors (Lipinski definition) is 0. The summed E-state index contributed by atoms with van der Waals surface area (Å²) < 4.78 is 11.5. The molecule has 4 heteroatoms. The summed E-state index contributed by atoms with van der Waals surface area (Å²) in [6.45, 7) is 5.76. The van der Waals surface area contributed by atoms with Crippen LogP contribution in [-0.2, 0) is 0 Å². The molecule has 1 aliphatic carbocycles. The van der Waals surface area contributed by atoms with Crippen LogP contribution in [0.3, 0.4) is 0 Å². The zero-order valence-electron chi connectivity index (χ0n) is 25.4. The van der Waals surface area contributed by atoms with Gasteiger partial charge < -0.3 is 9.47 Å². The van der Waals surface area contributed by atoms with Crippen molar-refractivity contribution >= 4 is 11.6 Å². The molecule has 0 unspecified atom stereocenters. The van der Waals surface area contributed by atoms with Crippen LogP contribution < -0.4 is 9.47 Å². The molecule has 4 aromatic rings. The SMILES string of the molecule is CCCCCOc1ccc(C#Cc2ccc3c(c2)C(=O)c2ccc(C#Cc4ccc(OCCCCC)cc4)cc2C3=O)cc1. The number of benzene rings is 4. The third-order valence-corrected chi connectivity index (χ3v) is 7.46. The minimum absolute atomic E-state index is 0.183. The summed E-state index contributed by atoms with van der Waals surface area (Å²) in [5, 5.41) is 0. The first kappa shape index (κ1) is 30.4. The lowest BCUT2D eigenvalue weighted by atomic mass is 9.82. The smallest absolute Gasteiger partial charge is 0.194 e. The third kappa shape index (κ3) is 7.66. The second kappa shape index (κ2) is 14.9. The van der Waals surface area contributed by atoms with Crippen LogP contribution in [0, 0.1) is 23.7 Å². The van der Waals surface area contributed by atoms with Crippen molar-refractivity contribution in [2.75, 3.05) is 13.2 Å². The van der Waals surface area contributed by atoms with E-state index >= 15 is 0 Å². The second-order valence-electron chi connectivity index (χ2n) is 10.8. The molecule has 0 saturated carbocycles. The Labute approximate surface area is 260 Å². The van der Waals surface area contributed by atoms with Crippen molar-refractivity contribution in [2.45, 2.75) is 52.4 Å². The maximum Gasteiger partial charge on any atom is 0.194 e. The van der Waals surface area contributed by atoms with Gasteiger partial charge in [-0.15, -0.1) is 0 Å². The molecule has 0 saturated heterocycles. The van der Waals surface area contributed by atoms with E-state index < -0.39 is 0 Å². The molecular formula is C40H36O4. The van der Waals surface area contributed by atoms with Gasteiger partial charge in [0.25, 0.3) is 0 Å². The van der Waals surface area contributed by atoms with Crippen LogP contribution in [0.15, 0.2) is 84.9 Å². The Morgan fingerprint density at radius 1 is 0.455 bits per heavy atom. The molecule has 0 aromatic heterocycles. The van der Waals surface area contributed by atoms with E-state index in [9.17, 15) is 9.59 Å². The monoisotopic (exact) mass is 580 g/mol. The Balaban J connectivity index is 1.26. The Bertz CT molecular complexity index is 1620. The molecular weight excluding hydrogens is 544 g/mol. The number of carbonyl (C=O) groups excluding carboxylic acids is 2. The average molecular weight is 581 g/mol. The highest BCUT2D eigenvalue weighted by Gasteiger charge is 2.29. The third-order valence-electron chi connectivity index (χ3n) is 7.46. The van der Waals surface area contributed by atoms with Crippen molar-refractivity contribution < 1.29 is 19.1 Å². The van der Waals surface area contributed by atoms with Gasteiger partial charge in [-0.2, -0.15) is 0 Å². The van der Waals surface area contributed by atoms with E-state index in [1.54, 1.807) is 36.4 Å². The summed E-state index contributed by atoms with van der Waals surface area (Å²) >= 11 is 0. The minimum atomic E-state index is -0.183. The zero-order valence-corrected chi connectivity index (χ0v) is 25.4. The van der Waals surface area contributed by atoms with Crippen molar-refractivity contribution in [3.05, 3.63) is 129 Å². The predicted molar refractivity (Wildman–Crippen MR) is 175 cm³/mol. The van der Waals surface area contributed by atoms with E-state index in [2.05, 4.69) is 37.5 Å². The highest BCUT2D eigenvalue weighted by atomic mass is 16.5. The van der Waals surface area contributed by atoms with Crippen LogP contribution in [0.2, 0.25) is 0 Å². The van der Waals surface area contributed by atoms with Gasteiger partial charge in [-0.25, -0.2) is 0 Å². The van der Waals surface area contributed by atoms with Crippen LogP contribution in [0.1, 0.15) is 106 Å². The molecule has 0 atom stereocenters. The summed E-state index contributed by atoms with van der Waals surface area (Å²) in [5.41, 5.74) is 4.56. The Hall–Kier alpha value is -5.06. The number of carbonyl (C=O) groups is 2. The lowest BCUT2D eigenvalue weighted by Crippen LogP contribution is -2.21. The molecule has 0 amide bonds. The van der Waals surface area contributed by atoms with Crippen molar-refractivity contribution in [3.8, 4) is 35.2 Å². The number of unbranched alkanes of at least 4 members (excludes halogenated alkanes) is 4. The van der Waals surface area contributed by atoms with Crippen LogP contribution in [0.4, 0.5) is 0 Å². The van der Waals surface area contributed by atoms with Crippen molar-refractivity contribution in [1.82, 2.24) is 0 Å². The maximum absolute atomic E-state index is 13.4. The summed E-state index contributed by atoms with van der Waals surface area (Å²) in [4.78, 5) is 26.8. The van der Waals surface area contributed by atoms with Gasteiger partial charge in [0.2, 0.25) is 0 Å². The van der Waals surface area contributed by atoms with Crippen LogP contribution in [0.25, 0.3) is 0 Å². The van der Waals surface area contributed by atoms with Crippen molar-refractivity contribution in [1.29, 1.82) is 0 Å². The zero-order chi connectivity index (χ0) is 30.7. The number of hydrogen-bond acceptors (Lipinski definition) is 4. The van der Waals surface area contributed by atoms with Gasteiger partial charge in [-0.05, 0) is 97.8 Å². The van der Waals surface area contributed by atoms with Gasteiger partial charge in [0.1, 0.15) is 11.5 Å². The summed E-state index contributed by atoms with van der Waals surface area (Å²) in [7, 11) is 0. The largest absolute Gasteiger partial charge is 0.494 e. The van der Waals surface area contributed by atoms with E-state index in [4.69, 9.17) is 9.47 Å². The van der Waals surface area contributed by atoms with E-state index in [1.165, 1.54) is 0 Å². The maximum atomic E-state index is 13.4. The molecule has 0 heterocycles. The first-order chi connectivity index (χ1) is 21.6. The molecule has 0 N–H and O–H groups in total. The second-order valence-corrected chi connectivity index (χ2v) is 10.8. The lowest BCUT2D eigenvalue weighted by molar-refractivity contribution is 0.0979. The number of fused-ring (bicyclic) bond motifs is 2. The van der Waals surface area contributed by atoms with Crippen LogP contribution in [0.5, 0.6) is 11.5 Å². The van der Waals surface area contributed by atoms with Gasteiger partial charge >= 0.3 is 0 Å². The van der Waals surface area contributed by atoms with E-state index in [0.29, 0.717) is 46.6 Å². The minimum Gasteiger partial charge on any atom is -0.494 e. The molecule has 0 fully saturated rings. The van der Waals surface area contributed by atoms with Gasteiger partial charge in [0, 0.05) is 44.5 Å². The fourth-order valence-electron chi connectivity index (χ4n) is 4.95. The van der Waals surface area contributed by atoms with E-state index in [1.807, 2.05) is 48.5 Å². The Kier molecular flexibility index (Phi) is 10.3. The van der Waals surface area contributed by atoms with Crippen molar-refractivity contribution in [2.24, 2.45) is 0 Å². The van der Waals surface area contributed by atoms with Crippen molar-refractivity contribution in [3.63, 3.8) is 0 Å². The number of ether oxygens (including phenoxy) is 2. The molecule has 4 aromatic carbocycles. The normalized spacial score (nSPS) is 11.4. The summed E-state index contributed by atoms with van der Waals surface area (Å²) in [6, 6.07) is 25.7. The summed E-state index contributed by atoms with van der Waals surface area (Å²) in [5.74, 6) is 13.8. The molecule has 0 spiro atoms. The molecule has 0 radical (unpaired) electrons. The van der Waals surface area contributed by atoms with Crippen LogP contribution in [-0.4, -0.2) is 24.8 Å². The fraction of sp³-hybridized carbons (Fsp3) is 0.250. The molecule has 0 bridgehead atoms. The quantitative estimate of drug-likeness (QED) is 0.123. The van der Waals surface area contributed by atoms with Gasteiger partial charge in [0.15, 0.2) is 11.6 Å². The number of rotatable bonds is 10. The Morgan fingerprint density at radius 3 is 1.20 bits per heavy atom. The van der Waals surface area contributed by atoms with Gasteiger partial charge in [-0.1, -0.05) is 63.2 Å². The molecule has 4 nitrogen and oxygen atoms in total. The Morgan fingerprint density at radius 2 is 0.818 bits per heavy atom. The van der Waals surface area contributed by atoms with Gasteiger partial charge in [-0.3, -0.25) is 9.59 Å². The fourth-order valence-corrected chi connectivity index (χ4v) is 4.95. The molecule has 44 heavy (non-hydrogen) atoms. The highest BCUT2D eigenvalue weighted by molar-refractivity contribution is 6.28. The highest BCUT2D eigenvalue weighted by Crippen LogP contribution is 2.29. The van der Waals surface area contributed by atoms with E-state index in [-0.39, 0.29) is 11.6 Å². The van der Waals surface area contributed by atoms with Crippen LogP contribution >= 0.6 is 0 Å². The molecule has 5 rings (SSSR count). The standard InChI is InChI=1S/C40H36O4/c1-3-5-7-25-43-33-19-13-29(14-20-33)9-11-31-17-23-35-37(27-31)39(41)36-24-18-32(28-38(36)40(35)42)12-10-30-15-21-34(22-16-30)44-26-8-6-4-2/h13-24,27-28H,3-8,25-26H2,1-2H3. The first-order valence-electron chi connectivity index (χ1n) is 15.4. The molecule has 0 aliphatic heterocycles. The topological polar surface area (TPSA) is 52.6 Å². The molecule has 1 aliphatic rings. The van der Waals surface area contributed by atoms with E-state index in [0.717, 1.165) is 61.2 Å². The molecule has 220 valence electrons. The first-order valence-corrected chi connectivity index (χ1v) is 15.4. The van der Waals surface area contributed by atoms with Gasteiger partial charge in [0.05, 0.1) is 13.2 Å². The summed E-state index contributed by atoms with van der Waals surface area (Å²) in [6.07, 6.45) is 6.73. The average Bonchev–Trinajstić information content (AvgIpc) is 3.06.